The number of hydrogen-bond donors (Lipinski definition) is 1. The lowest BCUT2D eigenvalue weighted by molar-refractivity contribution is -0.117. The highest BCUT2D eigenvalue weighted by atomic mass is 35.5. The van der Waals surface area contributed by atoms with Crippen molar-refractivity contribution in [3.8, 4) is 11.3 Å². The van der Waals surface area contributed by atoms with E-state index in [1.54, 1.807) is 24.3 Å². The maximum Gasteiger partial charge on any atom is 0.275 e. The Bertz CT molecular complexity index is 1280. The summed E-state index contributed by atoms with van der Waals surface area (Å²) in [6.07, 6.45) is 0. The summed E-state index contributed by atoms with van der Waals surface area (Å²) < 4.78 is 1.19. The van der Waals surface area contributed by atoms with Crippen LogP contribution in [0, 0.1) is 13.8 Å². The highest BCUT2D eigenvalue weighted by Gasteiger charge is 2.14. The summed E-state index contributed by atoms with van der Waals surface area (Å²) in [6.45, 7) is 3.58. The maximum absolute atomic E-state index is 12.6. The summed E-state index contributed by atoms with van der Waals surface area (Å²) in [5, 5.41) is 9.51. The highest BCUT2D eigenvalue weighted by molar-refractivity contribution is 7.16. The Kier molecular flexibility index (Phi) is 5.17. The molecule has 4 aromatic rings. The molecule has 0 spiro atoms. The molecule has 0 radical (unpaired) electrons. The molecule has 8 heteroatoms. The van der Waals surface area contributed by atoms with Crippen molar-refractivity contribution < 1.29 is 4.79 Å². The SMILES string of the molecule is Cc1sc(NC(=O)Cn2nc(C)c3ccccc3c2=O)nc1-c1ccc(Cl)cc1. The van der Waals surface area contributed by atoms with E-state index in [2.05, 4.69) is 15.4 Å². The van der Waals surface area contributed by atoms with Gasteiger partial charge in [0.2, 0.25) is 5.91 Å². The van der Waals surface area contributed by atoms with Crippen LogP contribution in [0.25, 0.3) is 22.0 Å². The Morgan fingerprint density at radius 1 is 1.10 bits per heavy atom. The zero-order chi connectivity index (χ0) is 20.5. The van der Waals surface area contributed by atoms with E-state index in [0.717, 1.165) is 21.5 Å². The van der Waals surface area contributed by atoms with E-state index in [0.29, 0.717) is 21.2 Å². The molecule has 0 bridgehead atoms. The minimum Gasteiger partial charge on any atom is -0.300 e. The van der Waals surface area contributed by atoms with Crippen LogP contribution < -0.4 is 10.9 Å². The third kappa shape index (κ3) is 3.92. The van der Waals surface area contributed by atoms with E-state index in [1.165, 1.54) is 16.0 Å². The summed E-state index contributed by atoms with van der Waals surface area (Å²) in [5.74, 6) is -0.356. The molecule has 0 saturated carbocycles. The maximum atomic E-state index is 12.6. The van der Waals surface area contributed by atoms with Crippen molar-refractivity contribution in [3.05, 3.63) is 74.5 Å². The molecule has 1 amide bonds. The summed E-state index contributed by atoms with van der Waals surface area (Å²) in [4.78, 5) is 30.6. The van der Waals surface area contributed by atoms with E-state index < -0.39 is 0 Å². The van der Waals surface area contributed by atoms with E-state index in [-0.39, 0.29) is 18.0 Å². The molecule has 2 heterocycles. The number of nitrogens with one attached hydrogen (secondary N) is 1. The molecule has 2 aromatic carbocycles. The Labute approximate surface area is 175 Å². The van der Waals surface area contributed by atoms with Crippen molar-refractivity contribution >= 4 is 44.7 Å². The molecule has 0 atom stereocenters. The molecular weight excluding hydrogens is 408 g/mol. The quantitative estimate of drug-likeness (QED) is 0.525. The first kappa shape index (κ1) is 19.3. The lowest BCUT2D eigenvalue weighted by Gasteiger charge is -2.08. The molecule has 0 aliphatic heterocycles. The van der Waals surface area contributed by atoms with E-state index in [4.69, 9.17) is 11.6 Å². The van der Waals surface area contributed by atoms with E-state index >= 15 is 0 Å². The Morgan fingerprint density at radius 3 is 2.52 bits per heavy atom. The Balaban J connectivity index is 1.56. The second kappa shape index (κ2) is 7.77. The minimum atomic E-state index is -0.356. The number of hydrogen-bond acceptors (Lipinski definition) is 5. The summed E-state index contributed by atoms with van der Waals surface area (Å²) in [6, 6.07) is 14.6. The van der Waals surface area contributed by atoms with Gasteiger partial charge in [0, 0.05) is 20.8 Å². The topological polar surface area (TPSA) is 76.9 Å². The molecule has 146 valence electrons. The fourth-order valence-electron chi connectivity index (χ4n) is 3.13. The lowest BCUT2D eigenvalue weighted by Crippen LogP contribution is -2.30. The third-order valence-electron chi connectivity index (χ3n) is 4.51. The summed E-state index contributed by atoms with van der Waals surface area (Å²) >= 11 is 7.32. The van der Waals surface area contributed by atoms with Gasteiger partial charge in [-0.2, -0.15) is 5.10 Å². The standard InChI is InChI=1S/C21H17ClN4O2S/c1-12-16-5-3-4-6-17(16)20(28)26(25-12)11-18(27)23-21-24-19(13(2)29-21)14-7-9-15(22)10-8-14/h3-10H,11H2,1-2H3,(H,23,24,27). The van der Waals surface area contributed by atoms with Gasteiger partial charge in [-0.1, -0.05) is 41.9 Å². The van der Waals surface area contributed by atoms with Crippen LogP contribution in [0.15, 0.2) is 53.3 Å². The zero-order valence-electron chi connectivity index (χ0n) is 15.8. The summed E-state index contributed by atoms with van der Waals surface area (Å²) in [7, 11) is 0. The van der Waals surface area contributed by atoms with E-state index in [1.807, 2.05) is 38.1 Å². The van der Waals surface area contributed by atoms with Gasteiger partial charge in [-0.15, -0.1) is 11.3 Å². The summed E-state index contributed by atoms with van der Waals surface area (Å²) in [5.41, 5.74) is 2.12. The second-order valence-corrected chi connectivity index (χ2v) is 8.21. The number of carbonyl (C=O) groups excluding carboxylic acids is 1. The second-order valence-electron chi connectivity index (χ2n) is 6.57. The number of aryl methyl sites for hydroxylation is 2. The smallest absolute Gasteiger partial charge is 0.275 e. The Morgan fingerprint density at radius 2 is 1.79 bits per heavy atom. The number of amides is 1. The van der Waals surface area contributed by atoms with Gasteiger partial charge in [0.15, 0.2) is 5.13 Å². The Hall–Kier alpha value is -3.03. The number of fused-ring (bicyclic) bond motifs is 1. The fraction of sp³-hybridized carbons (Fsp3) is 0.143. The van der Waals surface area contributed by atoms with Crippen LogP contribution in [-0.2, 0) is 11.3 Å². The van der Waals surface area contributed by atoms with E-state index in [9.17, 15) is 9.59 Å². The number of aromatic nitrogens is 3. The lowest BCUT2D eigenvalue weighted by atomic mass is 10.1. The number of benzene rings is 2. The van der Waals surface area contributed by atoms with Gasteiger partial charge in [0.1, 0.15) is 6.54 Å². The minimum absolute atomic E-state index is 0.181. The molecule has 0 saturated heterocycles. The van der Waals surface area contributed by atoms with Gasteiger partial charge in [0.05, 0.1) is 16.8 Å². The van der Waals surface area contributed by atoms with Crippen molar-refractivity contribution in [1.82, 2.24) is 14.8 Å². The predicted octanol–water partition coefficient (Wildman–Crippen LogP) is 4.43. The first-order valence-corrected chi connectivity index (χ1v) is 10.1. The molecule has 0 aliphatic rings. The average molecular weight is 425 g/mol. The normalized spacial score (nSPS) is 11.0. The van der Waals surface area contributed by atoms with Crippen LogP contribution in [0.5, 0.6) is 0 Å². The van der Waals surface area contributed by atoms with Gasteiger partial charge in [-0.05, 0) is 32.0 Å². The van der Waals surface area contributed by atoms with Gasteiger partial charge in [0.25, 0.3) is 5.56 Å². The number of carbonyl (C=O) groups is 1. The highest BCUT2D eigenvalue weighted by Crippen LogP contribution is 2.31. The van der Waals surface area contributed by atoms with Crippen LogP contribution >= 0.6 is 22.9 Å². The molecule has 6 nitrogen and oxygen atoms in total. The number of thiazole rings is 1. The number of halogens is 1. The van der Waals surface area contributed by atoms with Crippen molar-refractivity contribution in [2.75, 3.05) is 5.32 Å². The average Bonchev–Trinajstić information content (AvgIpc) is 3.06. The predicted molar refractivity (Wildman–Crippen MR) is 117 cm³/mol. The number of anilines is 1. The van der Waals surface area contributed by atoms with Gasteiger partial charge in [-0.3, -0.25) is 9.59 Å². The fourth-order valence-corrected chi connectivity index (χ4v) is 4.11. The molecular formula is C21H17ClN4O2S. The largest absolute Gasteiger partial charge is 0.300 e. The van der Waals surface area contributed by atoms with Gasteiger partial charge >= 0.3 is 0 Å². The van der Waals surface area contributed by atoms with Gasteiger partial charge < -0.3 is 5.32 Å². The first-order valence-electron chi connectivity index (χ1n) is 8.92. The molecule has 4 rings (SSSR count). The molecule has 0 unspecified atom stereocenters. The van der Waals surface area contributed by atoms with Crippen LogP contribution in [0.4, 0.5) is 5.13 Å². The first-order chi connectivity index (χ1) is 13.9. The molecule has 2 aromatic heterocycles. The molecule has 1 N–H and O–H groups in total. The molecule has 0 fully saturated rings. The third-order valence-corrected chi connectivity index (χ3v) is 5.64. The van der Waals surface area contributed by atoms with Crippen molar-refractivity contribution in [2.24, 2.45) is 0 Å². The van der Waals surface area contributed by atoms with Crippen LogP contribution in [0.3, 0.4) is 0 Å². The number of nitrogens with zero attached hydrogens (tertiary/aromatic N) is 3. The number of rotatable bonds is 4. The zero-order valence-corrected chi connectivity index (χ0v) is 17.3. The van der Waals surface area contributed by atoms with Crippen LogP contribution in [0.2, 0.25) is 5.02 Å². The van der Waals surface area contributed by atoms with Crippen LogP contribution in [-0.4, -0.2) is 20.7 Å². The van der Waals surface area contributed by atoms with Crippen molar-refractivity contribution in [2.45, 2.75) is 20.4 Å². The van der Waals surface area contributed by atoms with Crippen molar-refractivity contribution in [3.63, 3.8) is 0 Å². The monoisotopic (exact) mass is 424 g/mol. The molecule has 0 aliphatic carbocycles. The molecule has 29 heavy (non-hydrogen) atoms. The van der Waals surface area contributed by atoms with Crippen molar-refractivity contribution in [1.29, 1.82) is 0 Å². The van der Waals surface area contributed by atoms with Crippen LogP contribution in [0.1, 0.15) is 10.6 Å². The van der Waals surface area contributed by atoms with Gasteiger partial charge in [-0.25, -0.2) is 9.67 Å².